The van der Waals surface area contributed by atoms with Gasteiger partial charge in [0, 0.05) is 12.6 Å². The van der Waals surface area contributed by atoms with Crippen LogP contribution in [0.5, 0.6) is 0 Å². The van der Waals surface area contributed by atoms with E-state index in [0.29, 0.717) is 0 Å². The van der Waals surface area contributed by atoms with Crippen LogP contribution in [0.15, 0.2) is 59.5 Å². The number of hydrogen-bond donors (Lipinski definition) is 2. The van der Waals surface area contributed by atoms with Crippen LogP contribution >= 0.6 is 0 Å². The second kappa shape index (κ2) is 10.7. The number of carbonyl (C=O) groups excluding carboxylic acids is 2. The van der Waals surface area contributed by atoms with Crippen molar-refractivity contribution < 1.29 is 22.7 Å². The van der Waals surface area contributed by atoms with Crippen molar-refractivity contribution >= 4 is 21.9 Å². The third-order valence-electron chi connectivity index (χ3n) is 4.15. The smallest absolute Gasteiger partial charge is 0.338 e. The number of sulfonamides is 1. The summed E-state index contributed by atoms with van der Waals surface area (Å²) in [4.78, 5) is 24.0. The highest BCUT2D eigenvalue weighted by Gasteiger charge is 2.17. The highest BCUT2D eigenvalue weighted by Crippen LogP contribution is 2.13. The SMILES string of the molecule is CCCC(C)NC(=O)COC(=O)c1cccc(S(=O)(=O)NCc2ccccc2)c1. The van der Waals surface area contributed by atoms with Gasteiger partial charge in [0.15, 0.2) is 6.61 Å². The number of rotatable bonds is 10. The van der Waals surface area contributed by atoms with Gasteiger partial charge >= 0.3 is 5.97 Å². The zero-order valence-corrected chi connectivity index (χ0v) is 17.4. The Balaban J connectivity index is 1.97. The molecule has 2 N–H and O–H groups in total. The molecule has 156 valence electrons. The second-order valence-electron chi connectivity index (χ2n) is 6.67. The van der Waals surface area contributed by atoms with Crippen LogP contribution < -0.4 is 10.0 Å². The summed E-state index contributed by atoms with van der Waals surface area (Å²) >= 11 is 0. The molecule has 0 spiro atoms. The van der Waals surface area contributed by atoms with E-state index >= 15 is 0 Å². The Kier molecular flexibility index (Phi) is 8.35. The van der Waals surface area contributed by atoms with Crippen molar-refractivity contribution in [3.63, 3.8) is 0 Å². The van der Waals surface area contributed by atoms with Crippen LogP contribution in [0.3, 0.4) is 0 Å². The van der Waals surface area contributed by atoms with E-state index in [1.165, 1.54) is 24.3 Å². The van der Waals surface area contributed by atoms with Gasteiger partial charge in [0.25, 0.3) is 5.91 Å². The molecule has 2 rings (SSSR count). The molecule has 7 nitrogen and oxygen atoms in total. The lowest BCUT2D eigenvalue weighted by molar-refractivity contribution is -0.124. The lowest BCUT2D eigenvalue weighted by Crippen LogP contribution is -2.35. The van der Waals surface area contributed by atoms with Crippen molar-refractivity contribution in [3.8, 4) is 0 Å². The van der Waals surface area contributed by atoms with Gasteiger partial charge < -0.3 is 10.1 Å². The first-order chi connectivity index (χ1) is 13.8. The number of hydrogen-bond acceptors (Lipinski definition) is 5. The molecule has 29 heavy (non-hydrogen) atoms. The largest absolute Gasteiger partial charge is 0.452 e. The van der Waals surface area contributed by atoms with Gasteiger partial charge in [-0.2, -0.15) is 0 Å². The number of carbonyl (C=O) groups is 2. The molecule has 0 aliphatic rings. The van der Waals surface area contributed by atoms with Crippen LogP contribution in [-0.2, 0) is 26.1 Å². The summed E-state index contributed by atoms with van der Waals surface area (Å²) in [5, 5.41) is 2.73. The Morgan fingerprint density at radius 1 is 1.07 bits per heavy atom. The summed E-state index contributed by atoms with van der Waals surface area (Å²) in [5.74, 6) is -1.16. The molecule has 0 aromatic heterocycles. The van der Waals surface area contributed by atoms with Crippen LogP contribution in [0, 0.1) is 0 Å². The van der Waals surface area contributed by atoms with E-state index < -0.39 is 28.5 Å². The Bertz CT molecular complexity index is 929. The number of esters is 1. The van der Waals surface area contributed by atoms with Crippen molar-refractivity contribution in [2.45, 2.75) is 44.2 Å². The van der Waals surface area contributed by atoms with Crippen LogP contribution in [0.2, 0.25) is 0 Å². The first kappa shape index (κ1) is 22.6. The molecule has 1 amide bonds. The molecule has 0 saturated heterocycles. The van der Waals surface area contributed by atoms with Crippen LogP contribution in [-0.4, -0.2) is 32.9 Å². The summed E-state index contributed by atoms with van der Waals surface area (Å²) in [6.45, 7) is 3.60. The minimum absolute atomic E-state index is 0.00429. The molecule has 0 bridgehead atoms. The molecule has 0 aliphatic carbocycles. The average Bonchev–Trinajstić information content (AvgIpc) is 2.71. The summed E-state index contributed by atoms with van der Waals surface area (Å²) in [5.41, 5.74) is 0.872. The van der Waals surface area contributed by atoms with Crippen molar-refractivity contribution in [3.05, 3.63) is 65.7 Å². The molecule has 1 unspecified atom stereocenters. The summed E-state index contributed by atoms with van der Waals surface area (Å²) in [6, 6.07) is 14.6. The van der Waals surface area contributed by atoms with Crippen molar-refractivity contribution in [2.75, 3.05) is 6.61 Å². The van der Waals surface area contributed by atoms with Crippen LogP contribution in [0.25, 0.3) is 0 Å². The van der Waals surface area contributed by atoms with Crippen LogP contribution in [0.4, 0.5) is 0 Å². The van der Waals surface area contributed by atoms with Crippen LogP contribution in [0.1, 0.15) is 42.6 Å². The maximum atomic E-state index is 12.5. The standard InChI is InChI=1S/C21H26N2O5S/c1-3-8-16(2)23-20(24)15-28-21(25)18-11-7-12-19(13-18)29(26,27)22-14-17-9-5-4-6-10-17/h4-7,9-13,16,22H,3,8,14-15H2,1-2H3,(H,23,24). The molecule has 0 saturated carbocycles. The van der Waals surface area contributed by atoms with E-state index in [0.717, 1.165) is 18.4 Å². The molecule has 2 aromatic carbocycles. The van der Waals surface area contributed by atoms with E-state index in [-0.39, 0.29) is 23.0 Å². The fraction of sp³-hybridized carbons (Fsp3) is 0.333. The molecule has 2 aromatic rings. The Morgan fingerprint density at radius 3 is 2.48 bits per heavy atom. The molecule has 0 fully saturated rings. The molecule has 0 aliphatic heterocycles. The minimum Gasteiger partial charge on any atom is -0.452 e. The second-order valence-corrected chi connectivity index (χ2v) is 8.44. The highest BCUT2D eigenvalue weighted by molar-refractivity contribution is 7.89. The van der Waals surface area contributed by atoms with E-state index in [2.05, 4.69) is 10.0 Å². The van der Waals surface area contributed by atoms with Gasteiger partial charge in [-0.1, -0.05) is 49.7 Å². The van der Waals surface area contributed by atoms with Crippen molar-refractivity contribution in [2.24, 2.45) is 0 Å². The van der Waals surface area contributed by atoms with Gasteiger partial charge in [0.2, 0.25) is 10.0 Å². The number of amides is 1. The van der Waals surface area contributed by atoms with Gasteiger partial charge in [-0.15, -0.1) is 0 Å². The lowest BCUT2D eigenvalue weighted by atomic mass is 10.2. The fourth-order valence-corrected chi connectivity index (χ4v) is 3.75. The average molecular weight is 419 g/mol. The topological polar surface area (TPSA) is 102 Å². The first-order valence-corrected chi connectivity index (χ1v) is 10.9. The highest BCUT2D eigenvalue weighted by atomic mass is 32.2. The van der Waals surface area contributed by atoms with Crippen molar-refractivity contribution in [1.29, 1.82) is 0 Å². The molecule has 8 heteroatoms. The first-order valence-electron chi connectivity index (χ1n) is 9.42. The van der Waals surface area contributed by atoms with Gasteiger partial charge in [-0.05, 0) is 37.1 Å². The van der Waals surface area contributed by atoms with Gasteiger partial charge in [-0.25, -0.2) is 17.9 Å². The number of nitrogens with one attached hydrogen (secondary N) is 2. The fourth-order valence-electron chi connectivity index (χ4n) is 2.68. The maximum Gasteiger partial charge on any atom is 0.338 e. The third-order valence-corrected chi connectivity index (χ3v) is 5.55. The van der Waals surface area contributed by atoms with Gasteiger partial charge in [0.05, 0.1) is 10.5 Å². The van der Waals surface area contributed by atoms with E-state index in [9.17, 15) is 18.0 Å². The van der Waals surface area contributed by atoms with Gasteiger partial charge in [0.1, 0.15) is 0 Å². The molecule has 1 atom stereocenters. The lowest BCUT2D eigenvalue weighted by Gasteiger charge is -2.13. The normalized spacial score (nSPS) is 12.2. The zero-order valence-electron chi connectivity index (χ0n) is 16.6. The van der Waals surface area contributed by atoms with Gasteiger partial charge in [-0.3, -0.25) is 4.79 Å². The monoisotopic (exact) mass is 418 g/mol. The Hall–Kier alpha value is -2.71. The molecule has 0 radical (unpaired) electrons. The molecular weight excluding hydrogens is 392 g/mol. The predicted molar refractivity (Wildman–Crippen MR) is 110 cm³/mol. The molecular formula is C21H26N2O5S. The predicted octanol–water partition coefficient (Wildman–Crippen LogP) is 2.63. The van der Waals surface area contributed by atoms with E-state index in [1.54, 1.807) is 0 Å². The maximum absolute atomic E-state index is 12.5. The molecule has 0 heterocycles. The minimum atomic E-state index is -3.81. The zero-order chi connectivity index (χ0) is 21.3. The third kappa shape index (κ3) is 7.32. The van der Waals surface area contributed by atoms with E-state index in [4.69, 9.17) is 4.74 Å². The number of benzene rings is 2. The Morgan fingerprint density at radius 2 is 1.79 bits per heavy atom. The van der Waals surface area contributed by atoms with Crippen molar-refractivity contribution in [1.82, 2.24) is 10.0 Å². The van der Waals surface area contributed by atoms with E-state index in [1.807, 2.05) is 44.2 Å². The number of ether oxygens (including phenoxy) is 1. The summed E-state index contributed by atoms with van der Waals surface area (Å²) < 4.78 is 32.5. The summed E-state index contributed by atoms with van der Waals surface area (Å²) in [7, 11) is -3.81. The quantitative estimate of drug-likeness (QED) is 0.578. The summed E-state index contributed by atoms with van der Waals surface area (Å²) in [6.07, 6.45) is 1.76. The Labute approximate surface area is 171 Å².